The molecule has 0 spiro atoms. The molecule has 1 heterocycles. The Bertz CT molecular complexity index is 473. The third kappa shape index (κ3) is 3.49. The lowest BCUT2D eigenvalue weighted by molar-refractivity contribution is 0.0688. The Hall–Kier alpha value is -1.98. The van der Waals surface area contributed by atoms with E-state index >= 15 is 0 Å². The van der Waals surface area contributed by atoms with Crippen molar-refractivity contribution in [3.05, 3.63) is 23.8 Å². The molecule has 1 aliphatic carbocycles. The summed E-state index contributed by atoms with van der Waals surface area (Å²) in [7, 11) is 0. The average molecular weight is 263 g/mol. The van der Waals surface area contributed by atoms with E-state index in [9.17, 15) is 9.59 Å². The van der Waals surface area contributed by atoms with E-state index in [2.05, 4.69) is 22.2 Å². The minimum absolute atomic E-state index is 0.156. The quantitative estimate of drug-likeness (QED) is 0.861. The summed E-state index contributed by atoms with van der Waals surface area (Å²) in [5, 5.41) is 11.6. The molecule has 2 rings (SSSR count). The predicted octanol–water partition coefficient (Wildman–Crippen LogP) is 1.48. The first-order valence-corrected chi connectivity index (χ1v) is 6.42. The second kappa shape index (κ2) is 5.77. The van der Waals surface area contributed by atoms with Gasteiger partial charge in [0.2, 0.25) is 0 Å². The molecule has 102 valence electrons. The van der Waals surface area contributed by atoms with Crippen molar-refractivity contribution in [1.29, 1.82) is 0 Å². The van der Waals surface area contributed by atoms with Gasteiger partial charge in [-0.05, 0) is 18.8 Å². The first kappa shape index (κ1) is 13.5. The molecular weight excluding hydrogens is 246 g/mol. The minimum atomic E-state index is -1.15. The maximum absolute atomic E-state index is 11.9. The highest BCUT2D eigenvalue weighted by Gasteiger charge is 2.21. The maximum atomic E-state index is 11.9. The lowest BCUT2D eigenvalue weighted by Crippen LogP contribution is -2.38. The second-order valence-corrected chi connectivity index (χ2v) is 5.03. The topological polar surface area (TPSA) is 92.2 Å². The zero-order chi connectivity index (χ0) is 13.8. The molecule has 1 aromatic heterocycles. The van der Waals surface area contributed by atoms with Crippen LogP contribution in [0.2, 0.25) is 0 Å². The van der Waals surface area contributed by atoms with Crippen molar-refractivity contribution < 1.29 is 14.7 Å². The van der Waals surface area contributed by atoms with Gasteiger partial charge in [0.05, 0.1) is 12.4 Å². The SMILES string of the molecule is CC1CCCC(NC(=O)c2cnc(C(=O)O)cn2)C1. The van der Waals surface area contributed by atoms with Crippen LogP contribution in [-0.2, 0) is 0 Å². The molecule has 2 atom stereocenters. The molecule has 6 heteroatoms. The van der Waals surface area contributed by atoms with Crippen LogP contribution in [0.4, 0.5) is 0 Å². The van der Waals surface area contributed by atoms with Gasteiger partial charge in [-0.15, -0.1) is 0 Å². The first-order chi connectivity index (χ1) is 9.06. The summed E-state index contributed by atoms with van der Waals surface area (Å²) in [5.74, 6) is -0.816. The lowest BCUT2D eigenvalue weighted by Gasteiger charge is -2.27. The Morgan fingerprint density at radius 1 is 1.26 bits per heavy atom. The van der Waals surface area contributed by atoms with Crippen LogP contribution in [0, 0.1) is 5.92 Å². The van der Waals surface area contributed by atoms with Gasteiger partial charge in [0.1, 0.15) is 5.69 Å². The molecule has 1 aromatic rings. The van der Waals surface area contributed by atoms with Crippen LogP contribution in [0.25, 0.3) is 0 Å². The normalized spacial score (nSPS) is 22.8. The molecule has 0 aliphatic heterocycles. The molecular formula is C13H17N3O3. The summed E-state index contributed by atoms with van der Waals surface area (Å²) in [6, 6.07) is 0.178. The van der Waals surface area contributed by atoms with Crippen LogP contribution in [0.5, 0.6) is 0 Å². The molecule has 1 fully saturated rings. The number of hydrogen-bond acceptors (Lipinski definition) is 4. The number of hydrogen-bond donors (Lipinski definition) is 2. The molecule has 1 aliphatic rings. The average Bonchev–Trinajstić information content (AvgIpc) is 2.39. The van der Waals surface area contributed by atoms with Crippen molar-refractivity contribution in [2.45, 2.75) is 38.6 Å². The fraction of sp³-hybridized carbons (Fsp3) is 0.538. The van der Waals surface area contributed by atoms with Gasteiger partial charge in [-0.1, -0.05) is 19.8 Å². The van der Waals surface area contributed by atoms with Crippen LogP contribution in [0.15, 0.2) is 12.4 Å². The van der Waals surface area contributed by atoms with Gasteiger partial charge in [0.15, 0.2) is 5.69 Å². The summed E-state index contributed by atoms with van der Waals surface area (Å²) >= 11 is 0. The monoisotopic (exact) mass is 263 g/mol. The first-order valence-electron chi connectivity index (χ1n) is 6.42. The number of nitrogens with one attached hydrogen (secondary N) is 1. The number of carboxylic acid groups (broad SMARTS) is 1. The highest BCUT2D eigenvalue weighted by atomic mass is 16.4. The van der Waals surface area contributed by atoms with E-state index in [1.165, 1.54) is 12.6 Å². The van der Waals surface area contributed by atoms with Crippen molar-refractivity contribution in [3.8, 4) is 0 Å². The molecule has 1 amide bonds. The predicted molar refractivity (Wildman–Crippen MR) is 67.9 cm³/mol. The molecule has 2 unspecified atom stereocenters. The summed E-state index contributed by atoms with van der Waals surface area (Å²) in [4.78, 5) is 30.1. The number of rotatable bonds is 3. The fourth-order valence-corrected chi connectivity index (χ4v) is 2.38. The number of carboxylic acids is 1. The van der Waals surface area contributed by atoms with Crippen LogP contribution in [0.3, 0.4) is 0 Å². The van der Waals surface area contributed by atoms with E-state index in [1.807, 2.05) is 0 Å². The van der Waals surface area contributed by atoms with E-state index in [-0.39, 0.29) is 23.3 Å². The molecule has 0 saturated heterocycles. The standard InChI is InChI=1S/C13H17N3O3/c1-8-3-2-4-9(5-8)16-12(17)10-6-15-11(7-14-10)13(18)19/h6-9H,2-5H2,1H3,(H,16,17)(H,18,19). The van der Waals surface area contributed by atoms with Crippen molar-refractivity contribution in [2.75, 3.05) is 0 Å². The molecule has 19 heavy (non-hydrogen) atoms. The number of nitrogens with zero attached hydrogens (tertiary/aromatic N) is 2. The van der Waals surface area contributed by atoms with E-state index in [0.29, 0.717) is 5.92 Å². The number of carbonyl (C=O) groups excluding carboxylic acids is 1. The fourth-order valence-electron chi connectivity index (χ4n) is 2.38. The number of amides is 1. The number of aromatic nitrogens is 2. The third-order valence-electron chi connectivity index (χ3n) is 3.38. The van der Waals surface area contributed by atoms with Crippen LogP contribution >= 0.6 is 0 Å². The highest BCUT2D eigenvalue weighted by Crippen LogP contribution is 2.23. The van der Waals surface area contributed by atoms with E-state index in [4.69, 9.17) is 5.11 Å². The van der Waals surface area contributed by atoms with E-state index in [0.717, 1.165) is 25.5 Å². The highest BCUT2D eigenvalue weighted by molar-refractivity contribution is 5.92. The maximum Gasteiger partial charge on any atom is 0.356 e. The van der Waals surface area contributed by atoms with Gasteiger partial charge in [-0.25, -0.2) is 14.8 Å². The molecule has 0 radical (unpaired) electrons. The summed E-state index contributed by atoms with van der Waals surface area (Å²) < 4.78 is 0. The zero-order valence-electron chi connectivity index (χ0n) is 10.8. The van der Waals surface area contributed by atoms with E-state index < -0.39 is 5.97 Å². The van der Waals surface area contributed by atoms with Crippen LogP contribution < -0.4 is 5.32 Å². The Morgan fingerprint density at radius 2 is 1.95 bits per heavy atom. The smallest absolute Gasteiger partial charge is 0.356 e. The Labute approximate surface area is 111 Å². The van der Waals surface area contributed by atoms with Gasteiger partial charge in [0.25, 0.3) is 5.91 Å². The largest absolute Gasteiger partial charge is 0.476 e. The Morgan fingerprint density at radius 3 is 2.53 bits per heavy atom. The van der Waals surface area contributed by atoms with Crippen molar-refractivity contribution in [1.82, 2.24) is 15.3 Å². The summed E-state index contributed by atoms with van der Waals surface area (Å²) in [5.41, 5.74) is -0.00827. The molecule has 6 nitrogen and oxygen atoms in total. The number of aromatic carboxylic acids is 1. The second-order valence-electron chi connectivity index (χ2n) is 5.03. The molecule has 2 N–H and O–H groups in total. The Kier molecular flexibility index (Phi) is 4.09. The molecule has 0 aromatic carbocycles. The van der Waals surface area contributed by atoms with Gasteiger partial charge in [-0.3, -0.25) is 4.79 Å². The van der Waals surface area contributed by atoms with Gasteiger partial charge in [-0.2, -0.15) is 0 Å². The summed E-state index contributed by atoms with van der Waals surface area (Å²) in [6.45, 7) is 2.18. The lowest BCUT2D eigenvalue weighted by atomic mass is 9.87. The van der Waals surface area contributed by atoms with Crippen molar-refractivity contribution in [2.24, 2.45) is 5.92 Å². The van der Waals surface area contributed by atoms with Crippen molar-refractivity contribution in [3.63, 3.8) is 0 Å². The zero-order valence-corrected chi connectivity index (χ0v) is 10.8. The molecule has 0 bridgehead atoms. The van der Waals surface area contributed by atoms with E-state index in [1.54, 1.807) is 0 Å². The third-order valence-corrected chi connectivity index (χ3v) is 3.38. The summed E-state index contributed by atoms with van der Waals surface area (Å²) in [6.07, 6.45) is 6.59. The molecule has 1 saturated carbocycles. The number of carbonyl (C=O) groups is 2. The minimum Gasteiger partial charge on any atom is -0.476 e. The van der Waals surface area contributed by atoms with Gasteiger partial charge >= 0.3 is 5.97 Å². The van der Waals surface area contributed by atoms with Gasteiger partial charge < -0.3 is 10.4 Å². The Balaban J connectivity index is 1.97. The van der Waals surface area contributed by atoms with Gasteiger partial charge in [0, 0.05) is 6.04 Å². The van der Waals surface area contributed by atoms with Crippen LogP contribution in [0.1, 0.15) is 53.6 Å². The van der Waals surface area contributed by atoms with Crippen LogP contribution in [-0.4, -0.2) is 33.0 Å². The van der Waals surface area contributed by atoms with Crippen molar-refractivity contribution >= 4 is 11.9 Å².